The first kappa shape index (κ1) is 24.2. The topological polar surface area (TPSA) is 29.3 Å². The lowest BCUT2D eigenvalue weighted by molar-refractivity contribution is 0.669. The Morgan fingerprint density at radius 3 is 2.16 bits per heavy atom. The molecule has 3 aromatic heterocycles. The molecule has 4 heteroatoms. The molecule has 6 aromatic carbocycles. The maximum absolute atomic E-state index is 6.52. The van der Waals surface area contributed by atoms with Gasteiger partial charge in [-0.2, -0.15) is 0 Å². The van der Waals surface area contributed by atoms with Gasteiger partial charge >= 0.3 is 0 Å². The number of hydrogen-bond donors (Lipinski definition) is 0. The van der Waals surface area contributed by atoms with Crippen LogP contribution in [0.1, 0.15) is 0 Å². The van der Waals surface area contributed by atoms with Crippen LogP contribution in [0.3, 0.4) is 0 Å². The number of nitrogens with zero attached hydrogens (tertiary/aromatic N) is 2. The van der Waals surface area contributed by atoms with Crippen LogP contribution in [0, 0.1) is 0 Å². The van der Waals surface area contributed by atoms with Crippen LogP contribution in [0.15, 0.2) is 150 Å². The highest BCUT2D eigenvalue weighted by Crippen LogP contribution is 2.44. The third-order valence-electron chi connectivity index (χ3n) is 8.28. The molecule has 0 fully saturated rings. The molecule has 0 aliphatic carbocycles. The van der Waals surface area contributed by atoms with Crippen molar-refractivity contribution in [3.8, 4) is 11.1 Å². The quantitative estimate of drug-likeness (QED) is 0.211. The van der Waals surface area contributed by atoms with E-state index in [1.807, 2.05) is 29.5 Å². The number of thiophene rings is 1. The Hall–Kier alpha value is -5.45. The fraction of sp³-hybridized carbons (Fsp3) is 0. The van der Waals surface area contributed by atoms with Crippen LogP contribution in [0.4, 0.5) is 17.2 Å². The van der Waals surface area contributed by atoms with E-state index in [2.05, 4.69) is 132 Å². The SMILES string of the molecule is c1ccc(-c2ccc(N(c3ccc4sc5c6ccccc6ccc5c4n3)c3cccc4c3oc3ccccc34)cc2)cc1. The molecule has 0 saturated carbocycles. The molecule has 0 spiro atoms. The summed E-state index contributed by atoms with van der Waals surface area (Å²) in [5.41, 5.74) is 7.08. The Labute approximate surface area is 251 Å². The van der Waals surface area contributed by atoms with Crippen molar-refractivity contribution in [2.24, 2.45) is 0 Å². The maximum atomic E-state index is 6.52. The Morgan fingerprint density at radius 2 is 1.28 bits per heavy atom. The Morgan fingerprint density at radius 1 is 0.535 bits per heavy atom. The molecule has 9 rings (SSSR count). The van der Waals surface area contributed by atoms with Crippen LogP contribution in [0.5, 0.6) is 0 Å². The number of para-hydroxylation sites is 2. The molecule has 0 N–H and O–H groups in total. The zero-order valence-corrected chi connectivity index (χ0v) is 23.9. The number of pyridine rings is 1. The molecule has 9 aromatic rings. The molecule has 202 valence electrons. The summed E-state index contributed by atoms with van der Waals surface area (Å²) in [6, 6.07) is 51.1. The second kappa shape index (κ2) is 9.55. The first-order valence-electron chi connectivity index (χ1n) is 14.4. The number of anilines is 3. The molecule has 0 radical (unpaired) electrons. The summed E-state index contributed by atoms with van der Waals surface area (Å²) in [6.45, 7) is 0. The third kappa shape index (κ3) is 3.84. The molecule has 0 atom stereocenters. The average molecular weight is 569 g/mol. The highest BCUT2D eigenvalue weighted by atomic mass is 32.1. The van der Waals surface area contributed by atoms with Gasteiger partial charge in [0.2, 0.25) is 0 Å². The highest BCUT2D eigenvalue weighted by Gasteiger charge is 2.21. The smallest absolute Gasteiger partial charge is 0.159 e. The summed E-state index contributed by atoms with van der Waals surface area (Å²) in [5.74, 6) is 0.848. The first-order valence-corrected chi connectivity index (χ1v) is 15.2. The van der Waals surface area contributed by atoms with E-state index >= 15 is 0 Å². The number of benzene rings is 6. The second-order valence-corrected chi connectivity index (χ2v) is 11.8. The Bertz CT molecular complexity index is 2460. The van der Waals surface area contributed by atoms with E-state index in [1.165, 1.54) is 36.7 Å². The van der Waals surface area contributed by atoms with E-state index in [9.17, 15) is 0 Å². The molecular formula is C39H24N2OS. The molecular weight excluding hydrogens is 545 g/mol. The molecule has 0 unspecified atom stereocenters. The van der Waals surface area contributed by atoms with Gasteiger partial charge in [-0.15, -0.1) is 11.3 Å². The van der Waals surface area contributed by atoms with Gasteiger partial charge in [0.25, 0.3) is 0 Å². The zero-order chi connectivity index (χ0) is 28.3. The van der Waals surface area contributed by atoms with Crippen molar-refractivity contribution >= 4 is 81.5 Å². The molecule has 0 aliphatic heterocycles. The van der Waals surface area contributed by atoms with Crippen molar-refractivity contribution in [1.82, 2.24) is 4.98 Å². The minimum absolute atomic E-state index is 0.846. The third-order valence-corrected chi connectivity index (χ3v) is 9.47. The normalized spacial score (nSPS) is 11.7. The van der Waals surface area contributed by atoms with E-state index < -0.39 is 0 Å². The zero-order valence-electron chi connectivity index (χ0n) is 23.1. The predicted molar refractivity (Wildman–Crippen MR) is 182 cm³/mol. The molecule has 3 nitrogen and oxygen atoms in total. The lowest BCUT2D eigenvalue weighted by atomic mass is 10.0. The van der Waals surface area contributed by atoms with Gasteiger partial charge in [-0.3, -0.25) is 4.90 Å². The van der Waals surface area contributed by atoms with Gasteiger partial charge in [-0.1, -0.05) is 109 Å². The fourth-order valence-electron chi connectivity index (χ4n) is 6.22. The number of aromatic nitrogens is 1. The van der Waals surface area contributed by atoms with Gasteiger partial charge in [0.05, 0.1) is 15.9 Å². The Kier molecular flexibility index (Phi) is 5.37. The van der Waals surface area contributed by atoms with Gasteiger partial charge < -0.3 is 4.42 Å². The van der Waals surface area contributed by atoms with Crippen molar-refractivity contribution in [2.75, 3.05) is 4.90 Å². The Balaban J connectivity index is 1.28. The van der Waals surface area contributed by atoms with Gasteiger partial charge in [-0.25, -0.2) is 4.98 Å². The number of rotatable bonds is 4. The van der Waals surface area contributed by atoms with Crippen LogP contribution in [-0.4, -0.2) is 4.98 Å². The summed E-state index contributed by atoms with van der Waals surface area (Å²) in [6.07, 6.45) is 0. The minimum atomic E-state index is 0.846. The maximum Gasteiger partial charge on any atom is 0.159 e. The van der Waals surface area contributed by atoms with Crippen LogP contribution in [-0.2, 0) is 0 Å². The first-order chi connectivity index (χ1) is 21.3. The highest BCUT2D eigenvalue weighted by molar-refractivity contribution is 7.26. The van der Waals surface area contributed by atoms with Crippen molar-refractivity contribution in [3.05, 3.63) is 146 Å². The number of fused-ring (bicyclic) bond motifs is 8. The van der Waals surface area contributed by atoms with Crippen LogP contribution >= 0.6 is 11.3 Å². The van der Waals surface area contributed by atoms with E-state index in [-0.39, 0.29) is 0 Å². The van der Waals surface area contributed by atoms with Crippen LogP contribution in [0.25, 0.3) is 64.1 Å². The molecule has 0 bridgehead atoms. The molecule has 0 amide bonds. The van der Waals surface area contributed by atoms with Crippen LogP contribution < -0.4 is 4.90 Å². The van der Waals surface area contributed by atoms with Crippen molar-refractivity contribution in [1.29, 1.82) is 0 Å². The summed E-state index contributed by atoms with van der Waals surface area (Å²) in [4.78, 5) is 7.58. The van der Waals surface area contributed by atoms with Gasteiger partial charge in [0, 0.05) is 26.5 Å². The number of furan rings is 1. The van der Waals surface area contributed by atoms with Crippen molar-refractivity contribution < 1.29 is 4.42 Å². The largest absolute Gasteiger partial charge is 0.454 e. The molecule has 0 saturated heterocycles. The molecule has 3 heterocycles. The second-order valence-electron chi connectivity index (χ2n) is 10.8. The summed E-state index contributed by atoms with van der Waals surface area (Å²) in [7, 11) is 0. The van der Waals surface area contributed by atoms with Crippen molar-refractivity contribution in [3.63, 3.8) is 0 Å². The van der Waals surface area contributed by atoms with Gasteiger partial charge in [0.15, 0.2) is 5.58 Å². The lowest BCUT2D eigenvalue weighted by Crippen LogP contribution is -2.11. The summed E-state index contributed by atoms with van der Waals surface area (Å²) in [5, 5.41) is 5.90. The summed E-state index contributed by atoms with van der Waals surface area (Å²) >= 11 is 1.81. The average Bonchev–Trinajstić information content (AvgIpc) is 3.65. The predicted octanol–water partition coefficient (Wildman–Crippen LogP) is 11.6. The van der Waals surface area contributed by atoms with Crippen LogP contribution in [0.2, 0.25) is 0 Å². The summed E-state index contributed by atoms with van der Waals surface area (Å²) < 4.78 is 8.98. The van der Waals surface area contributed by atoms with E-state index in [1.54, 1.807) is 0 Å². The fourth-order valence-corrected chi connectivity index (χ4v) is 7.40. The van der Waals surface area contributed by atoms with E-state index in [4.69, 9.17) is 9.40 Å². The molecule has 43 heavy (non-hydrogen) atoms. The van der Waals surface area contributed by atoms with E-state index in [0.717, 1.165) is 44.6 Å². The minimum Gasteiger partial charge on any atom is -0.454 e. The van der Waals surface area contributed by atoms with Gasteiger partial charge in [0.1, 0.15) is 11.4 Å². The van der Waals surface area contributed by atoms with Crippen molar-refractivity contribution in [2.45, 2.75) is 0 Å². The standard InChI is InChI=1S/C39H24N2OS/c1-2-9-25(10-3-1)26-17-20-28(21-18-26)41(33-15-8-14-31-30-13-6-7-16-34(30)42-38(31)33)36-24-23-35-37(40-36)32-22-19-27-11-4-5-12-29(27)39(32)43-35/h1-24H. The molecule has 0 aliphatic rings. The monoisotopic (exact) mass is 568 g/mol. The van der Waals surface area contributed by atoms with E-state index in [0.29, 0.717) is 0 Å². The number of hydrogen-bond acceptors (Lipinski definition) is 4. The lowest BCUT2D eigenvalue weighted by Gasteiger charge is -2.24. The van der Waals surface area contributed by atoms with Gasteiger partial charge in [-0.05, 0) is 58.3 Å².